The van der Waals surface area contributed by atoms with Gasteiger partial charge in [0.2, 0.25) is 0 Å². The summed E-state index contributed by atoms with van der Waals surface area (Å²) in [7, 11) is 0. The second kappa shape index (κ2) is 15.8. The summed E-state index contributed by atoms with van der Waals surface area (Å²) in [5, 5.41) is 12.2. The average molecular weight is 767 g/mol. The van der Waals surface area contributed by atoms with Gasteiger partial charge in [-0.2, -0.15) is 0 Å². The van der Waals surface area contributed by atoms with E-state index in [1.165, 1.54) is 44.7 Å². The number of aromatic nitrogens is 1. The zero-order valence-corrected chi connectivity index (χ0v) is 29.9. The van der Waals surface area contributed by atoms with Crippen LogP contribution in [0.3, 0.4) is 0 Å². The molecule has 4 heteroatoms. The van der Waals surface area contributed by atoms with Crippen LogP contribution in [0, 0.1) is 17.9 Å². The molecule has 0 aliphatic heterocycles. The number of nitrogens with zero attached hydrogens (tertiary/aromatic N) is 1. The molecule has 1 radical (unpaired) electrons. The standard InChI is InChI=1S/C27H24N.C13H24O2.Ir/c1-27(2,3)25-17-20(16-19-9-5-7-11-22(19)25)26-24-13-12-18-8-4-6-10-21(18)23(24)14-15-28-26;1-5-10(6-2)12(14)9-13(15)11(7-3)8-4;/h4-11,14-15,17H,12-13H2,1-3H3;9-11,14H,5-8H2,1-4H3;/q-1;;/b;12-9-;. The molecule has 5 rings (SSSR count). The average Bonchev–Trinajstić information content (AvgIpc) is 3.01. The van der Waals surface area contributed by atoms with Crippen molar-refractivity contribution >= 4 is 16.6 Å². The smallest absolute Gasteiger partial charge is 0.162 e. The minimum absolute atomic E-state index is 0. The van der Waals surface area contributed by atoms with Gasteiger partial charge in [0.05, 0.1) is 5.76 Å². The van der Waals surface area contributed by atoms with Gasteiger partial charge in [-0.15, -0.1) is 29.1 Å². The van der Waals surface area contributed by atoms with E-state index in [1.54, 1.807) is 0 Å². The van der Waals surface area contributed by atoms with Crippen molar-refractivity contribution in [3.63, 3.8) is 0 Å². The number of fused-ring (bicyclic) bond motifs is 4. The van der Waals surface area contributed by atoms with Crippen molar-refractivity contribution in [3.8, 4) is 22.4 Å². The normalized spacial score (nSPS) is 12.7. The summed E-state index contributed by atoms with van der Waals surface area (Å²) in [5.41, 5.74) is 9.08. The van der Waals surface area contributed by atoms with E-state index >= 15 is 0 Å². The summed E-state index contributed by atoms with van der Waals surface area (Å²) >= 11 is 0. The monoisotopic (exact) mass is 767 g/mol. The van der Waals surface area contributed by atoms with E-state index in [0.717, 1.165) is 49.8 Å². The van der Waals surface area contributed by atoms with E-state index < -0.39 is 0 Å². The number of aryl methyl sites for hydroxylation is 1. The molecule has 0 unspecified atom stereocenters. The summed E-state index contributed by atoms with van der Waals surface area (Å²) < 4.78 is 0. The van der Waals surface area contributed by atoms with Crippen LogP contribution in [0.4, 0.5) is 0 Å². The second-order valence-electron chi connectivity index (χ2n) is 12.7. The van der Waals surface area contributed by atoms with Gasteiger partial charge < -0.3 is 5.11 Å². The number of aliphatic hydroxyl groups is 1. The summed E-state index contributed by atoms with van der Waals surface area (Å²) in [5.74, 6) is 0.547. The molecule has 44 heavy (non-hydrogen) atoms. The van der Waals surface area contributed by atoms with Crippen LogP contribution >= 0.6 is 0 Å². The first-order chi connectivity index (χ1) is 20.6. The van der Waals surface area contributed by atoms with Gasteiger partial charge in [-0.1, -0.05) is 102 Å². The van der Waals surface area contributed by atoms with Crippen LogP contribution in [0.5, 0.6) is 0 Å². The van der Waals surface area contributed by atoms with Crippen molar-refractivity contribution in [3.05, 3.63) is 101 Å². The van der Waals surface area contributed by atoms with E-state index in [4.69, 9.17) is 4.98 Å². The van der Waals surface area contributed by atoms with Crippen LogP contribution < -0.4 is 0 Å². The van der Waals surface area contributed by atoms with Crippen molar-refractivity contribution in [2.45, 2.75) is 92.4 Å². The number of benzene rings is 3. The largest absolute Gasteiger partial charge is 0.512 e. The number of aliphatic hydroxyl groups excluding tert-OH is 1. The Morgan fingerprint density at radius 3 is 2.18 bits per heavy atom. The van der Waals surface area contributed by atoms with Crippen LogP contribution in [0.1, 0.15) is 90.8 Å². The van der Waals surface area contributed by atoms with Gasteiger partial charge in [0.25, 0.3) is 0 Å². The van der Waals surface area contributed by atoms with E-state index in [0.29, 0.717) is 0 Å². The fourth-order valence-corrected chi connectivity index (χ4v) is 6.25. The molecule has 4 aromatic rings. The predicted octanol–water partition coefficient (Wildman–Crippen LogP) is 10.6. The van der Waals surface area contributed by atoms with Crippen LogP contribution in [-0.2, 0) is 43.2 Å². The van der Waals surface area contributed by atoms with Crippen LogP contribution in [-0.4, -0.2) is 15.9 Å². The number of ketones is 1. The Morgan fingerprint density at radius 2 is 1.52 bits per heavy atom. The first-order valence-corrected chi connectivity index (χ1v) is 16.1. The molecular formula is C40H48IrNO2-. The third kappa shape index (κ3) is 7.95. The topological polar surface area (TPSA) is 50.2 Å². The van der Waals surface area contributed by atoms with Gasteiger partial charge in [0.1, 0.15) is 0 Å². The Balaban J connectivity index is 0.000000286. The molecular weight excluding hydrogens is 719 g/mol. The molecule has 0 saturated heterocycles. The van der Waals surface area contributed by atoms with Crippen molar-refractivity contribution in [1.29, 1.82) is 0 Å². The Labute approximate surface area is 278 Å². The van der Waals surface area contributed by atoms with Crippen molar-refractivity contribution in [2.24, 2.45) is 11.8 Å². The summed E-state index contributed by atoms with van der Waals surface area (Å²) in [6.45, 7) is 14.9. The third-order valence-corrected chi connectivity index (χ3v) is 8.93. The van der Waals surface area contributed by atoms with E-state index in [-0.39, 0.29) is 48.9 Å². The molecule has 0 bridgehead atoms. The van der Waals surface area contributed by atoms with Gasteiger partial charge >= 0.3 is 0 Å². The minimum Gasteiger partial charge on any atom is -0.512 e. The molecule has 0 fully saturated rings. The summed E-state index contributed by atoms with van der Waals surface area (Å²) in [6.07, 6.45) is 8.96. The number of hydrogen-bond donors (Lipinski definition) is 1. The number of carbonyl (C=O) groups excluding carboxylic acids is 1. The molecule has 0 atom stereocenters. The molecule has 235 valence electrons. The van der Waals surface area contributed by atoms with Crippen molar-refractivity contribution in [2.75, 3.05) is 0 Å². The van der Waals surface area contributed by atoms with E-state index in [2.05, 4.69) is 87.5 Å². The molecule has 0 saturated carbocycles. The first-order valence-electron chi connectivity index (χ1n) is 16.1. The maximum atomic E-state index is 11.7. The molecule has 1 aliphatic rings. The fraction of sp³-hybridized carbons (Fsp3) is 0.400. The first kappa shape index (κ1) is 35.4. The molecule has 3 aromatic carbocycles. The summed E-state index contributed by atoms with van der Waals surface area (Å²) in [4.78, 5) is 16.5. The maximum absolute atomic E-state index is 11.7. The predicted molar refractivity (Wildman–Crippen MR) is 181 cm³/mol. The van der Waals surface area contributed by atoms with Gasteiger partial charge in [-0.3, -0.25) is 9.78 Å². The Kier molecular flexibility index (Phi) is 12.7. The third-order valence-electron chi connectivity index (χ3n) is 8.93. The van der Waals surface area contributed by atoms with Crippen molar-refractivity contribution < 1.29 is 30.0 Å². The van der Waals surface area contributed by atoms with E-state index in [1.807, 2.05) is 33.9 Å². The molecule has 0 amide bonds. The number of allylic oxidation sites excluding steroid dienone is 2. The van der Waals surface area contributed by atoms with Gasteiger partial charge in [0, 0.05) is 49.9 Å². The molecule has 1 aliphatic carbocycles. The number of pyridine rings is 1. The Morgan fingerprint density at radius 1 is 0.886 bits per heavy atom. The van der Waals surface area contributed by atoms with Gasteiger partial charge in [-0.05, 0) is 72.3 Å². The van der Waals surface area contributed by atoms with E-state index in [9.17, 15) is 9.90 Å². The molecule has 1 N–H and O–H groups in total. The number of hydrogen-bond acceptors (Lipinski definition) is 3. The summed E-state index contributed by atoms with van der Waals surface area (Å²) in [6, 6.07) is 25.5. The number of rotatable bonds is 8. The van der Waals surface area contributed by atoms with Crippen LogP contribution in [0.15, 0.2) is 78.7 Å². The van der Waals surface area contributed by atoms with Crippen molar-refractivity contribution in [1.82, 2.24) is 4.98 Å². The Hall–Kier alpha value is -3.07. The molecule has 1 aromatic heterocycles. The molecule has 0 spiro atoms. The number of carbonyl (C=O) groups is 1. The minimum atomic E-state index is 0. The quantitative estimate of drug-likeness (QED) is 0.110. The van der Waals surface area contributed by atoms with Gasteiger partial charge in [-0.25, -0.2) is 0 Å². The second-order valence-corrected chi connectivity index (χ2v) is 12.7. The molecule has 3 nitrogen and oxygen atoms in total. The maximum Gasteiger partial charge on any atom is 0.162 e. The molecule has 1 heterocycles. The SMILES string of the molecule is CC(C)(C)c1cc(-c2nccc3c2CCc2ccccc2-3)[c-]c2ccccc12.CCC(CC)C(=O)/C=C(\O)C(CC)CC.[Ir]. The zero-order chi connectivity index (χ0) is 31.1. The zero-order valence-electron chi connectivity index (χ0n) is 27.5. The van der Waals surface area contributed by atoms with Crippen LogP contribution in [0.25, 0.3) is 33.2 Å². The van der Waals surface area contributed by atoms with Crippen LogP contribution in [0.2, 0.25) is 0 Å². The van der Waals surface area contributed by atoms with Gasteiger partial charge in [0.15, 0.2) is 5.78 Å². The fourth-order valence-electron chi connectivity index (χ4n) is 6.25. The Bertz CT molecular complexity index is 1590.